The molecule has 2 aliphatic rings. The maximum Gasteiger partial charge on any atom is 0.188 e. The number of hydrogen-bond acceptors (Lipinski definition) is 3. The Morgan fingerprint density at radius 3 is 1.56 bits per heavy atom. The number of benzene rings is 9. The molecule has 0 saturated carbocycles. The number of nitrogens with zero attached hydrogens (tertiary/aromatic N) is 6. The summed E-state index contributed by atoms with van der Waals surface area (Å²) in [6.45, 7) is 8.06. The highest BCUT2D eigenvalue weighted by molar-refractivity contribution is 6.13. The molecule has 1 unspecified atom stereocenters. The predicted molar refractivity (Wildman–Crippen MR) is 294 cm³/mol. The van der Waals surface area contributed by atoms with Gasteiger partial charge in [-0.05, 0) is 120 Å². The molecule has 0 fully saturated rings. The van der Waals surface area contributed by atoms with E-state index in [-0.39, 0.29) is 0 Å². The van der Waals surface area contributed by atoms with E-state index in [4.69, 9.17) is 21.3 Å². The highest BCUT2D eigenvalue weighted by atomic mass is 16.5. The molecule has 1 aliphatic carbocycles. The van der Waals surface area contributed by atoms with Crippen LogP contribution < -0.4 is 4.74 Å². The molecule has 16 rings (SSSR count). The molecule has 7 nitrogen and oxygen atoms in total. The fraction of sp³-hybridized carbons (Fsp3) is 0.0152. The molecule has 0 amide bonds. The van der Waals surface area contributed by atoms with Crippen LogP contribution in [-0.2, 0) is 5.41 Å². The van der Waals surface area contributed by atoms with E-state index in [1.54, 1.807) is 0 Å². The summed E-state index contributed by atoms with van der Waals surface area (Å²) < 4.78 is 14.0. The van der Waals surface area contributed by atoms with Gasteiger partial charge >= 0.3 is 0 Å². The lowest BCUT2D eigenvalue weighted by Crippen LogP contribution is -2.32. The minimum atomic E-state index is -0.813. The van der Waals surface area contributed by atoms with Crippen LogP contribution in [0.1, 0.15) is 22.3 Å². The largest absolute Gasteiger partial charge is 0.457 e. The van der Waals surface area contributed by atoms with Crippen LogP contribution in [0.15, 0.2) is 231 Å². The van der Waals surface area contributed by atoms with Crippen molar-refractivity contribution < 1.29 is 4.74 Å². The van der Waals surface area contributed by atoms with Crippen molar-refractivity contribution >= 4 is 71.1 Å². The van der Waals surface area contributed by atoms with Crippen molar-refractivity contribution in [3.05, 3.63) is 264 Å². The Bertz CT molecular complexity index is 4650. The van der Waals surface area contributed by atoms with Gasteiger partial charge in [-0.1, -0.05) is 115 Å². The molecule has 73 heavy (non-hydrogen) atoms. The second kappa shape index (κ2) is 14.8. The quantitative estimate of drug-likeness (QED) is 0.165. The number of para-hydroxylation sites is 5. The predicted octanol–water partition coefficient (Wildman–Crippen LogP) is 16.5. The van der Waals surface area contributed by atoms with Crippen molar-refractivity contribution in [2.75, 3.05) is 0 Å². The first-order valence-corrected chi connectivity index (χ1v) is 24.6. The van der Waals surface area contributed by atoms with Crippen molar-refractivity contribution in [2.45, 2.75) is 5.41 Å². The summed E-state index contributed by atoms with van der Waals surface area (Å²) in [5.41, 5.74) is 17.5. The molecule has 338 valence electrons. The molecule has 0 saturated heterocycles. The van der Waals surface area contributed by atoms with Crippen molar-refractivity contribution in [1.82, 2.24) is 23.7 Å². The average molecular weight is 931 g/mol. The maximum absolute atomic E-state index is 8.06. The highest BCUT2D eigenvalue weighted by Gasteiger charge is 2.52. The summed E-state index contributed by atoms with van der Waals surface area (Å²) in [6.07, 6.45) is 3.87. The summed E-state index contributed by atoms with van der Waals surface area (Å²) in [6, 6.07) is 77.8. The van der Waals surface area contributed by atoms with Crippen LogP contribution in [0.3, 0.4) is 0 Å². The lowest BCUT2D eigenvalue weighted by atomic mass is 9.66. The third-order valence-electron chi connectivity index (χ3n) is 15.6. The molecule has 5 aromatic heterocycles. The van der Waals surface area contributed by atoms with Gasteiger partial charge in [0.25, 0.3) is 0 Å². The molecule has 9 aromatic carbocycles. The zero-order chi connectivity index (χ0) is 47.9. The molecular weight excluding hydrogens is 893 g/mol. The van der Waals surface area contributed by atoms with E-state index in [0.29, 0.717) is 5.69 Å². The smallest absolute Gasteiger partial charge is 0.188 e. The summed E-state index contributed by atoms with van der Waals surface area (Å²) >= 11 is 0. The van der Waals surface area contributed by atoms with Gasteiger partial charge in [-0.3, -0.25) is 9.97 Å². The van der Waals surface area contributed by atoms with Gasteiger partial charge in [0, 0.05) is 78.6 Å². The summed E-state index contributed by atoms with van der Waals surface area (Å²) in [5.74, 6) is 1.60. The van der Waals surface area contributed by atoms with Crippen LogP contribution >= 0.6 is 0 Å². The molecule has 1 aliphatic heterocycles. The zero-order valence-corrected chi connectivity index (χ0v) is 39.0. The fourth-order valence-corrected chi connectivity index (χ4v) is 12.6. The first kappa shape index (κ1) is 39.8. The van der Waals surface area contributed by atoms with E-state index in [9.17, 15) is 0 Å². The van der Waals surface area contributed by atoms with Gasteiger partial charge in [0.05, 0.1) is 56.5 Å². The number of fused-ring (bicyclic) bond motifs is 18. The van der Waals surface area contributed by atoms with Crippen molar-refractivity contribution in [2.24, 2.45) is 0 Å². The number of hydrogen-bond donors (Lipinski definition) is 0. The monoisotopic (exact) mass is 930 g/mol. The van der Waals surface area contributed by atoms with E-state index >= 15 is 0 Å². The average Bonchev–Trinajstić information content (AvgIpc) is 4.17. The van der Waals surface area contributed by atoms with Gasteiger partial charge in [0.1, 0.15) is 11.5 Å². The van der Waals surface area contributed by atoms with Gasteiger partial charge < -0.3 is 18.4 Å². The molecular formula is C66H38N6O. The Hall–Kier alpha value is -10.0. The Morgan fingerprint density at radius 2 is 0.904 bits per heavy atom. The topological polar surface area (TPSA) is 54.2 Å². The van der Waals surface area contributed by atoms with Crippen LogP contribution in [0.25, 0.3) is 110 Å². The Morgan fingerprint density at radius 1 is 0.370 bits per heavy atom. The third-order valence-corrected chi connectivity index (χ3v) is 15.6. The van der Waals surface area contributed by atoms with Gasteiger partial charge in [-0.15, -0.1) is 0 Å². The molecule has 1 atom stereocenters. The minimum Gasteiger partial charge on any atom is -0.457 e. The van der Waals surface area contributed by atoms with Crippen LogP contribution in [0.5, 0.6) is 11.5 Å². The Labute approximate surface area is 418 Å². The first-order chi connectivity index (χ1) is 36.2. The summed E-state index contributed by atoms with van der Waals surface area (Å²) in [4.78, 5) is 14.4. The summed E-state index contributed by atoms with van der Waals surface area (Å²) in [5, 5.41) is 6.93. The van der Waals surface area contributed by atoms with Gasteiger partial charge in [-0.2, -0.15) is 0 Å². The number of ether oxygens (including phenoxy) is 1. The van der Waals surface area contributed by atoms with Crippen molar-refractivity contribution in [3.8, 4) is 51.1 Å². The number of rotatable bonds is 4. The lowest BCUT2D eigenvalue weighted by molar-refractivity contribution is 0.436. The molecule has 0 bridgehead atoms. The zero-order valence-electron chi connectivity index (χ0n) is 39.0. The van der Waals surface area contributed by atoms with E-state index in [1.165, 1.54) is 21.5 Å². The number of aromatic nitrogens is 5. The molecule has 0 N–H and O–H groups in total. The normalized spacial score (nSPS) is 14.5. The van der Waals surface area contributed by atoms with Crippen LogP contribution in [0.2, 0.25) is 0 Å². The molecule has 1 spiro atoms. The van der Waals surface area contributed by atoms with E-state index < -0.39 is 5.41 Å². The van der Waals surface area contributed by atoms with Crippen molar-refractivity contribution in [3.63, 3.8) is 0 Å². The van der Waals surface area contributed by atoms with Crippen LogP contribution in [0, 0.1) is 6.57 Å². The van der Waals surface area contributed by atoms with Crippen LogP contribution in [-0.4, -0.2) is 23.7 Å². The van der Waals surface area contributed by atoms with Gasteiger partial charge in [0.2, 0.25) is 0 Å². The second-order valence-corrected chi connectivity index (χ2v) is 19.2. The van der Waals surface area contributed by atoms with E-state index in [1.807, 2.05) is 36.7 Å². The lowest BCUT2D eigenvalue weighted by Gasteiger charge is -2.39. The number of pyridine rings is 2. The Balaban J connectivity index is 0.905. The maximum atomic E-state index is 8.06. The standard InChI is InChI=1S/C66H38N6O/c1-67-42-28-31-61-51(36-42)50-34-40(27-30-60(50)71(61)44-15-12-14-43(37-44)70-56-22-7-2-16-46(56)47-17-3-8-23-57(47)70)41-35-55-65(69-39-41)64-53(21-13-33-68-64)66(55)52-20-6-11-26-62(52)73-63-32-29-45(38-54(63)66)72-58-24-9-4-18-48(58)49-19-5-10-25-59(49)72/h2-39H. The first-order valence-electron chi connectivity index (χ1n) is 24.6. The molecule has 7 heteroatoms. The minimum absolute atomic E-state index is 0.597. The molecule has 0 radical (unpaired) electrons. The SMILES string of the molecule is [C-]#[N+]c1ccc2c(c1)c1cc(-c3cnc4c(c3)C3(c5ccccc5Oc5ccc(-n6c7ccccc7c7ccccc76)cc53)c3cccnc3-4)ccc1n2-c1cccc(-n2c3ccccc3c3ccccc32)c1. The second-order valence-electron chi connectivity index (χ2n) is 19.2. The van der Waals surface area contributed by atoms with E-state index in [2.05, 4.69) is 213 Å². The third kappa shape index (κ3) is 5.36. The highest BCUT2D eigenvalue weighted by Crippen LogP contribution is 2.62. The van der Waals surface area contributed by atoms with Gasteiger partial charge in [-0.25, -0.2) is 4.85 Å². The van der Waals surface area contributed by atoms with E-state index in [0.717, 1.165) is 117 Å². The van der Waals surface area contributed by atoms with Gasteiger partial charge in [0.15, 0.2) is 5.69 Å². The summed E-state index contributed by atoms with van der Waals surface area (Å²) in [7, 11) is 0. The fourth-order valence-electron chi connectivity index (χ4n) is 12.6. The molecule has 14 aromatic rings. The van der Waals surface area contributed by atoms with Crippen LogP contribution in [0.4, 0.5) is 5.69 Å². The Kier molecular flexibility index (Phi) is 8.04. The molecule has 6 heterocycles. The van der Waals surface area contributed by atoms with Crippen molar-refractivity contribution in [1.29, 1.82) is 0 Å².